The molecule has 0 aliphatic carbocycles. The average molecular weight is 297 g/mol. The summed E-state index contributed by atoms with van der Waals surface area (Å²) in [6.45, 7) is 6.79. The van der Waals surface area contributed by atoms with Crippen LogP contribution >= 0.6 is 0 Å². The highest BCUT2D eigenvalue weighted by Crippen LogP contribution is 2.27. The summed E-state index contributed by atoms with van der Waals surface area (Å²) in [5, 5.41) is 3.35. The minimum atomic E-state index is -0.176. The van der Waals surface area contributed by atoms with Gasteiger partial charge in [-0.15, -0.1) is 0 Å². The topological polar surface area (TPSA) is 49.0 Å². The van der Waals surface area contributed by atoms with Gasteiger partial charge in [0.15, 0.2) is 17.8 Å². The second kappa shape index (κ2) is 10.4. The molecule has 0 spiro atoms. The number of hydrogen-bond acceptors (Lipinski definition) is 5. The SMILES string of the molecule is CCOC(CNCCc1ccc(OC)c(OC)c1)OCC. The molecule has 1 rings (SSSR count). The van der Waals surface area contributed by atoms with Crippen molar-refractivity contribution >= 4 is 0 Å². The van der Waals surface area contributed by atoms with E-state index in [1.54, 1.807) is 14.2 Å². The lowest BCUT2D eigenvalue weighted by molar-refractivity contribution is -0.132. The number of nitrogens with one attached hydrogen (secondary N) is 1. The van der Waals surface area contributed by atoms with Crippen molar-refractivity contribution in [2.75, 3.05) is 40.5 Å². The molecule has 0 aromatic heterocycles. The van der Waals surface area contributed by atoms with E-state index in [0.29, 0.717) is 19.8 Å². The van der Waals surface area contributed by atoms with Gasteiger partial charge in [0.25, 0.3) is 0 Å². The van der Waals surface area contributed by atoms with Crippen molar-refractivity contribution in [3.63, 3.8) is 0 Å². The molecule has 0 aliphatic heterocycles. The van der Waals surface area contributed by atoms with E-state index in [-0.39, 0.29) is 6.29 Å². The Kier molecular flexibility index (Phi) is 8.82. The summed E-state index contributed by atoms with van der Waals surface area (Å²) in [5.41, 5.74) is 1.20. The zero-order chi connectivity index (χ0) is 15.5. The minimum Gasteiger partial charge on any atom is -0.493 e. The van der Waals surface area contributed by atoms with Crippen molar-refractivity contribution in [1.82, 2.24) is 5.32 Å². The summed E-state index contributed by atoms with van der Waals surface area (Å²) in [6.07, 6.45) is 0.733. The first kappa shape index (κ1) is 17.8. The molecular weight excluding hydrogens is 270 g/mol. The molecule has 21 heavy (non-hydrogen) atoms. The molecule has 0 amide bonds. The van der Waals surface area contributed by atoms with Gasteiger partial charge in [0.2, 0.25) is 0 Å². The number of methoxy groups -OCH3 is 2. The molecule has 1 aromatic rings. The first-order chi connectivity index (χ1) is 10.2. The van der Waals surface area contributed by atoms with Gasteiger partial charge in [0.05, 0.1) is 14.2 Å². The van der Waals surface area contributed by atoms with E-state index in [2.05, 4.69) is 5.32 Å². The van der Waals surface area contributed by atoms with Crippen molar-refractivity contribution in [3.8, 4) is 11.5 Å². The molecule has 5 nitrogen and oxygen atoms in total. The van der Waals surface area contributed by atoms with Crippen LogP contribution in [0.1, 0.15) is 19.4 Å². The highest BCUT2D eigenvalue weighted by atomic mass is 16.7. The minimum absolute atomic E-state index is 0.176. The summed E-state index contributed by atoms with van der Waals surface area (Å²) in [4.78, 5) is 0. The van der Waals surface area contributed by atoms with Gasteiger partial charge in [0.1, 0.15) is 0 Å². The van der Waals surface area contributed by atoms with E-state index < -0.39 is 0 Å². The van der Waals surface area contributed by atoms with Gasteiger partial charge in [-0.3, -0.25) is 0 Å². The van der Waals surface area contributed by atoms with Gasteiger partial charge in [-0.05, 0) is 44.5 Å². The summed E-state index contributed by atoms with van der Waals surface area (Å²) in [7, 11) is 3.29. The van der Waals surface area contributed by atoms with Crippen LogP contribution in [0.5, 0.6) is 11.5 Å². The Bertz CT molecular complexity index is 392. The summed E-state index contributed by atoms with van der Waals surface area (Å²) in [6, 6.07) is 5.98. The number of rotatable bonds is 11. The van der Waals surface area contributed by atoms with Crippen LogP contribution in [0.25, 0.3) is 0 Å². The molecule has 0 radical (unpaired) electrons. The smallest absolute Gasteiger partial charge is 0.169 e. The molecule has 0 saturated heterocycles. The molecule has 0 heterocycles. The predicted octanol–water partition coefficient (Wildman–Crippen LogP) is 2.24. The maximum atomic E-state index is 5.48. The number of ether oxygens (including phenoxy) is 4. The van der Waals surface area contributed by atoms with E-state index in [1.165, 1.54) is 5.56 Å². The second-order valence-electron chi connectivity index (χ2n) is 4.48. The van der Waals surface area contributed by atoms with Crippen LogP contribution in [0.15, 0.2) is 18.2 Å². The van der Waals surface area contributed by atoms with Gasteiger partial charge in [-0.2, -0.15) is 0 Å². The zero-order valence-electron chi connectivity index (χ0n) is 13.5. The van der Waals surface area contributed by atoms with Crippen molar-refractivity contribution in [1.29, 1.82) is 0 Å². The predicted molar refractivity (Wildman–Crippen MR) is 83.2 cm³/mol. The van der Waals surface area contributed by atoms with E-state index in [0.717, 1.165) is 24.5 Å². The van der Waals surface area contributed by atoms with Crippen molar-refractivity contribution in [2.45, 2.75) is 26.6 Å². The lowest BCUT2D eigenvalue weighted by Crippen LogP contribution is -2.32. The summed E-state index contributed by atoms with van der Waals surface area (Å²) < 4.78 is 21.5. The largest absolute Gasteiger partial charge is 0.493 e. The van der Waals surface area contributed by atoms with Crippen LogP contribution in [-0.4, -0.2) is 46.8 Å². The zero-order valence-corrected chi connectivity index (χ0v) is 13.5. The normalized spacial score (nSPS) is 10.9. The fourth-order valence-corrected chi connectivity index (χ4v) is 2.03. The van der Waals surface area contributed by atoms with Crippen LogP contribution in [-0.2, 0) is 15.9 Å². The lowest BCUT2D eigenvalue weighted by Gasteiger charge is -2.17. The molecule has 0 atom stereocenters. The molecular formula is C16H27NO4. The monoisotopic (exact) mass is 297 g/mol. The number of hydrogen-bond donors (Lipinski definition) is 1. The Hall–Kier alpha value is -1.30. The van der Waals surface area contributed by atoms with Crippen molar-refractivity contribution in [2.24, 2.45) is 0 Å². The Morgan fingerprint density at radius 2 is 1.67 bits per heavy atom. The van der Waals surface area contributed by atoms with Gasteiger partial charge in [0, 0.05) is 19.8 Å². The summed E-state index contributed by atoms with van der Waals surface area (Å²) >= 11 is 0. The van der Waals surface area contributed by atoms with E-state index in [4.69, 9.17) is 18.9 Å². The maximum Gasteiger partial charge on any atom is 0.169 e. The van der Waals surface area contributed by atoms with Gasteiger partial charge < -0.3 is 24.3 Å². The van der Waals surface area contributed by atoms with Crippen LogP contribution in [0.4, 0.5) is 0 Å². The van der Waals surface area contributed by atoms with Crippen LogP contribution in [0.3, 0.4) is 0 Å². The van der Waals surface area contributed by atoms with E-state index >= 15 is 0 Å². The number of benzene rings is 1. The third kappa shape index (κ3) is 6.33. The Morgan fingerprint density at radius 3 is 2.24 bits per heavy atom. The fourth-order valence-electron chi connectivity index (χ4n) is 2.03. The Morgan fingerprint density at radius 1 is 1.00 bits per heavy atom. The van der Waals surface area contributed by atoms with Gasteiger partial charge in [-0.1, -0.05) is 6.07 Å². The first-order valence-corrected chi connectivity index (χ1v) is 7.39. The molecule has 1 aromatic carbocycles. The van der Waals surface area contributed by atoms with Crippen molar-refractivity contribution < 1.29 is 18.9 Å². The molecule has 120 valence electrons. The van der Waals surface area contributed by atoms with E-state index in [1.807, 2.05) is 32.0 Å². The fraction of sp³-hybridized carbons (Fsp3) is 0.625. The molecule has 5 heteroatoms. The molecule has 0 bridgehead atoms. The molecule has 0 fully saturated rings. The second-order valence-corrected chi connectivity index (χ2v) is 4.48. The Labute approximate surface area is 127 Å². The molecule has 1 N–H and O–H groups in total. The van der Waals surface area contributed by atoms with Crippen molar-refractivity contribution in [3.05, 3.63) is 23.8 Å². The summed E-state index contributed by atoms with van der Waals surface area (Å²) in [5.74, 6) is 1.51. The highest BCUT2D eigenvalue weighted by molar-refractivity contribution is 5.42. The maximum absolute atomic E-state index is 5.48. The molecule has 0 unspecified atom stereocenters. The quantitative estimate of drug-likeness (QED) is 0.501. The van der Waals surface area contributed by atoms with Gasteiger partial charge in [-0.25, -0.2) is 0 Å². The standard InChI is InChI=1S/C16H27NO4/c1-5-20-16(21-6-2)12-17-10-9-13-7-8-14(18-3)15(11-13)19-4/h7-8,11,16-17H,5-6,9-10,12H2,1-4H3. The van der Waals surface area contributed by atoms with Crippen LogP contribution < -0.4 is 14.8 Å². The Balaban J connectivity index is 2.38. The lowest BCUT2D eigenvalue weighted by atomic mass is 10.1. The van der Waals surface area contributed by atoms with Gasteiger partial charge >= 0.3 is 0 Å². The first-order valence-electron chi connectivity index (χ1n) is 7.39. The van der Waals surface area contributed by atoms with Crippen LogP contribution in [0, 0.1) is 0 Å². The third-order valence-corrected chi connectivity index (χ3v) is 3.05. The molecule has 0 saturated carbocycles. The molecule has 0 aliphatic rings. The average Bonchev–Trinajstić information content (AvgIpc) is 2.51. The van der Waals surface area contributed by atoms with E-state index in [9.17, 15) is 0 Å². The third-order valence-electron chi connectivity index (χ3n) is 3.05. The highest BCUT2D eigenvalue weighted by Gasteiger charge is 2.07. The van der Waals surface area contributed by atoms with Crippen LogP contribution in [0.2, 0.25) is 0 Å².